The highest BCUT2D eigenvalue weighted by Crippen LogP contribution is 2.23. The summed E-state index contributed by atoms with van der Waals surface area (Å²) in [5.74, 6) is 0.451. The lowest BCUT2D eigenvalue weighted by Crippen LogP contribution is -2.22. The molecule has 2 rings (SSSR count). The second-order valence-corrected chi connectivity index (χ2v) is 6.73. The molecule has 1 N–H and O–H groups in total. The van der Waals surface area contributed by atoms with Crippen molar-refractivity contribution in [3.8, 4) is 0 Å². The summed E-state index contributed by atoms with van der Waals surface area (Å²) in [6.07, 6.45) is 1.68. The number of nitrogens with zero attached hydrogens (tertiary/aromatic N) is 3. The van der Waals surface area contributed by atoms with E-state index in [0.29, 0.717) is 5.92 Å². The number of aromatic nitrogens is 3. The first kappa shape index (κ1) is 16.5. The molecule has 0 radical (unpaired) electrons. The lowest BCUT2D eigenvalue weighted by molar-refractivity contribution is -0.115. The van der Waals surface area contributed by atoms with E-state index >= 15 is 0 Å². The molecule has 22 heavy (non-hydrogen) atoms. The van der Waals surface area contributed by atoms with E-state index in [9.17, 15) is 4.79 Å². The number of nitrogens with one attached hydrogen (secondary N) is 1. The first-order chi connectivity index (χ1) is 10.5. The van der Waals surface area contributed by atoms with Gasteiger partial charge in [0.15, 0.2) is 5.16 Å². The van der Waals surface area contributed by atoms with E-state index in [4.69, 9.17) is 0 Å². The van der Waals surface area contributed by atoms with Gasteiger partial charge in [0.25, 0.3) is 0 Å². The van der Waals surface area contributed by atoms with Crippen molar-refractivity contribution >= 4 is 23.4 Å². The normalized spacial score (nSPS) is 12.4. The third kappa shape index (κ3) is 4.10. The van der Waals surface area contributed by atoms with Gasteiger partial charge in [-0.2, -0.15) is 0 Å². The van der Waals surface area contributed by atoms with Gasteiger partial charge in [0.05, 0.1) is 5.25 Å². The minimum absolute atomic E-state index is 0.0343. The van der Waals surface area contributed by atoms with E-state index in [0.717, 1.165) is 17.4 Å². The smallest absolute Gasteiger partial charge is 0.237 e. The minimum Gasteiger partial charge on any atom is -0.325 e. The molecule has 118 valence electrons. The van der Waals surface area contributed by atoms with Crippen molar-refractivity contribution < 1.29 is 4.79 Å². The maximum absolute atomic E-state index is 12.3. The number of carbonyl (C=O) groups excluding carboxylic acids is 1. The number of carbonyl (C=O) groups is 1. The minimum atomic E-state index is -0.237. The Morgan fingerprint density at radius 3 is 2.55 bits per heavy atom. The average Bonchev–Trinajstić information content (AvgIpc) is 2.94. The number of anilines is 1. The third-order valence-electron chi connectivity index (χ3n) is 3.42. The Balaban J connectivity index is 1.96. The lowest BCUT2D eigenvalue weighted by Gasteiger charge is -2.12. The molecule has 0 aliphatic carbocycles. The third-order valence-corrected chi connectivity index (χ3v) is 4.51. The highest BCUT2D eigenvalue weighted by Gasteiger charge is 2.17. The first-order valence-corrected chi connectivity index (χ1v) is 8.34. The summed E-state index contributed by atoms with van der Waals surface area (Å²) < 4.78 is 1.92. The number of hydrogen-bond acceptors (Lipinski definition) is 4. The van der Waals surface area contributed by atoms with E-state index < -0.39 is 0 Å². The van der Waals surface area contributed by atoms with Crippen molar-refractivity contribution in [2.24, 2.45) is 0 Å². The Morgan fingerprint density at radius 2 is 1.95 bits per heavy atom. The highest BCUT2D eigenvalue weighted by molar-refractivity contribution is 8.00. The summed E-state index contributed by atoms with van der Waals surface area (Å²) >= 11 is 1.41. The van der Waals surface area contributed by atoms with Crippen LogP contribution in [-0.2, 0) is 11.3 Å². The Hall–Kier alpha value is -1.82. The van der Waals surface area contributed by atoms with E-state index in [1.165, 1.54) is 17.3 Å². The number of rotatable bonds is 6. The number of amides is 1. The molecule has 1 aromatic carbocycles. The number of aryl methyl sites for hydroxylation is 1. The maximum Gasteiger partial charge on any atom is 0.237 e. The van der Waals surface area contributed by atoms with Gasteiger partial charge in [0, 0.05) is 12.2 Å². The zero-order valence-corrected chi connectivity index (χ0v) is 14.2. The fourth-order valence-electron chi connectivity index (χ4n) is 1.96. The van der Waals surface area contributed by atoms with Crippen molar-refractivity contribution in [3.05, 3.63) is 36.2 Å². The molecule has 1 amide bonds. The van der Waals surface area contributed by atoms with Gasteiger partial charge in [-0.05, 0) is 37.5 Å². The van der Waals surface area contributed by atoms with Gasteiger partial charge < -0.3 is 9.88 Å². The molecule has 0 aliphatic heterocycles. The lowest BCUT2D eigenvalue weighted by atomic mass is 10.0. The monoisotopic (exact) mass is 318 g/mol. The second-order valence-electron chi connectivity index (χ2n) is 5.43. The van der Waals surface area contributed by atoms with Crippen LogP contribution in [0, 0.1) is 0 Å². The van der Waals surface area contributed by atoms with Crippen LogP contribution in [0.2, 0.25) is 0 Å². The van der Waals surface area contributed by atoms with Crippen LogP contribution in [0.1, 0.15) is 39.2 Å². The van der Waals surface area contributed by atoms with Crippen LogP contribution in [0.15, 0.2) is 35.7 Å². The molecule has 1 aromatic heterocycles. The van der Waals surface area contributed by atoms with Gasteiger partial charge in [0.2, 0.25) is 5.91 Å². The molecule has 5 nitrogen and oxygen atoms in total. The maximum atomic E-state index is 12.3. The molecule has 0 aliphatic rings. The standard InChI is InChI=1S/C16H22N4OS/c1-5-20-10-17-19-16(20)22-12(4)15(21)18-14-8-6-13(7-9-14)11(2)3/h6-12H,5H2,1-4H3,(H,18,21)/t12-/m1/s1. The van der Waals surface area contributed by atoms with Gasteiger partial charge in [-0.15, -0.1) is 10.2 Å². The molecular formula is C16H22N4OS. The average molecular weight is 318 g/mol. The molecule has 0 bridgehead atoms. The number of hydrogen-bond donors (Lipinski definition) is 1. The van der Waals surface area contributed by atoms with Crippen molar-refractivity contribution in [3.63, 3.8) is 0 Å². The van der Waals surface area contributed by atoms with E-state index in [1.54, 1.807) is 6.33 Å². The summed E-state index contributed by atoms with van der Waals surface area (Å²) in [4.78, 5) is 12.3. The molecule has 1 heterocycles. The van der Waals surface area contributed by atoms with Gasteiger partial charge >= 0.3 is 0 Å². The largest absolute Gasteiger partial charge is 0.325 e. The summed E-state index contributed by atoms with van der Waals surface area (Å²) in [6, 6.07) is 7.98. The van der Waals surface area contributed by atoms with Crippen LogP contribution in [-0.4, -0.2) is 25.9 Å². The van der Waals surface area contributed by atoms with Crippen molar-refractivity contribution in [1.29, 1.82) is 0 Å². The van der Waals surface area contributed by atoms with Crippen molar-refractivity contribution in [1.82, 2.24) is 14.8 Å². The zero-order chi connectivity index (χ0) is 16.1. The summed E-state index contributed by atoms with van der Waals surface area (Å²) in [7, 11) is 0. The van der Waals surface area contributed by atoms with Gasteiger partial charge in [0.1, 0.15) is 6.33 Å². The quantitative estimate of drug-likeness (QED) is 0.828. The Labute approximate surface area is 135 Å². The predicted octanol–water partition coefficient (Wildman–Crippen LogP) is 3.54. The van der Waals surface area contributed by atoms with Crippen LogP contribution in [0.25, 0.3) is 0 Å². The molecule has 0 unspecified atom stereocenters. The van der Waals surface area contributed by atoms with Gasteiger partial charge in [-0.25, -0.2) is 0 Å². The van der Waals surface area contributed by atoms with E-state index in [1.807, 2.05) is 42.7 Å². The molecule has 0 saturated carbocycles. The zero-order valence-electron chi connectivity index (χ0n) is 13.4. The Morgan fingerprint density at radius 1 is 1.27 bits per heavy atom. The second kappa shape index (κ2) is 7.45. The van der Waals surface area contributed by atoms with Gasteiger partial charge in [-0.3, -0.25) is 4.79 Å². The van der Waals surface area contributed by atoms with Crippen molar-refractivity contribution in [2.75, 3.05) is 5.32 Å². The van der Waals surface area contributed by atoms with Crippen LogP contribution >= 0.6 is 11.8 Å². The molecule has 1 atom stereocenters. The Bertz CT molecular complexity index is 621. The molecule has 0 spiro atoms. The molecular weight excluding hydrogens is 296 g/mol. The number of benzene rings is 1. The van der Waals surface area contributed by atoms with E-state index in [2.05, 4.69) is 29.4 Å². The molecule has 6 heteroatoms. The van der Waals surface area contributed by atoms with Crippen LogP contribution in [0.3, 0.4) is 0 Å². The summed E-state index contributed by atoms with van der Waals surface area (Å²) in [5.41, 5.74) is 2.08. The summed E-state index contributed by atoms with van der Waals surface area (Å²) in [5, 5.41) is 11.4. The van der Waals surface area contributed by atoms with Crippen LogP contribution in [0.4, 0.5) is 5.69 Å². The van der Waals surface area contributed by atoms with Crippen LogP contribution < -0.4 is 5.32 Å². The van der Waals surface area contributed by atoms with Crippen molar-refractivity contribution in [2.45, 2.75) is 50.6 Å². The Kier molecular flexibility index (Phi) is 5.60. The topological polar surface area (TPSA) is 59.8 Å². The van der Waals surface area contributed by atoms with E-state index in [-0.39, 0.29) is 11.2 Å². The molecule has 0 saturated heterocycles. The molecule has 0 fully saturated rings. The SMILES string of the molecule is CCn1cnnc1S[C@H](C)C(=O)Nc1ccc(C(C)C)cc1. The van der Waals surface area contributed by atoms with Crippen LogP contribution in [0.5, 0.6) is 0 Å². The number of thioether (sulfide) groups is 1. The fourth-order valence-corrected chi connectivity index (χ4v) is 2.85. The van der Waals surface area contributed by atoms with Gasteiger partial charge in [-0.1, -0.05) is 37.7 Å². The first-order valence-electron chi connectivity index (χ1n) is 7.46. The molecule has 2 aromatic rings. The highest BCUT2D eigenvalue weighted by atomic mass is 32.2. The predicted molar refractivity (Wildman–Crippen MR) is 90.2 cm³/mol. The fraction of sp³-hybridized carbons (Fsp3) is 0.438. The summed E-state index contributed by atoms with van der Waals surface area (Å²) in [6.45, 7) is 8.98.